The van der Waals surface area contributed by atoms with Gasteiger partial charge in [-0.05, 0) is 31.1 Å². The fourth-order valence-corrected chi connectivity index (χ4v) is 4.94. The number of fused-ring (bicyclic) bond motifs is 2. The first-order valence-electron chi connectivity index (χ1n) is 10.0. The molecule has 5 N–H and O–H groups in total. The van der Waals surface area contributed by atoms with E-state index in [1.54, 1.807) is 4.90 Å². The number of anilines is 2. The predicted molar refractivity (Wildman–Crippen MR) is 116 cm³/mol. The van der Waals surface area contributed by atoms with Gasteiger partial charge < -0.3 is 26.0 Å². The second kappa shape index (κ2) is 7.49. The third kappa shape index (κ3) is 3.18. The standard InChI is InChI=1S/C21H22F2N4O3.ClH/c22-15-17(25)14-18(27(10-4-5-10)8-12(20(14)28)21(29)30)16(23)19(15)26-6-9-2-1-3-13(24)11(9)7-26;/h1,3,8-11,13H,2,4-7,24-25H2,(H,29,30);1H/t9-,11+,13-;/m1./s1. The van der Waals surface area contributed by atoms with Gasteiger partial charge in [0.2, 0.25) is 5.43 Å². The van der Waals surface area contributed by atoms with Crippen LogP contribution in [0.25, 0.3) is 10.9 Å². The summed E-state index contributed by atoms with van der Waals surface area (Å²) in [5, 5.41) is 8.98. The lowest BCUT2D eigenvalue weighted by Gasteiger charge is -2.25. The summed E-state index contributed by atoms with van der Waals surface area (Å²) >= 11 is 0. The lowest BCUT2D eigenvalue weighted by molar-refractivity contribution is 0.0695. The van der Waals surface area contributed by atoms with Gasteiger partial charge in [0.1, 0.15) is 11.3 Å². The molecule has 0 spiro atoms. The molecule has 0 unspecified atom stereocenters. The highest BCUT2D eigenvalue weighted by Crippen LogP contribution is 2.43. The number of nitrogen functional groups attached to an aromatic ring is 1. The van der Waals surface area contributed by atoms with Crippen LogP contribution < -0.4 is 21.8 Å². The van der Waals surface area contributed by atoms with Gasteiger partial charge in [-0.15, -0.1) is 12.4 Å². The van der Waals surface area contributed by atoms with Crippen molar-refractivity contribution >= 4 is 40.7 Å². The molecule has 2 fully saturated rings. The SMILES string of the molecule is Cl.Nc1c(F)c(N2C[C@H]3CC=C[C@@H](N)[C@H]3C2)c(F)c2c1c(=O)c(C(=O)O)cn2C1CC1. The molecule has 0 radical (unpaired) electrons. The van der Waals surface area contributed by atoms with Gasteiger partial charge in [0, 0.05) is 31.4 Å². The van der Waals surface area contributed by atoms with Crippen LogP contribution in [0.4, 0.5) is 20.2 Å². The molecule has 3 atom stereocenters. The summed E-state index contributed by atoms with van der Waals surface area (Å²) in [5.41, 5.74) is 9.72. The molecule has 0 amide bonds. The van der Waals surface area contributed by atoms with Crippen LogP contribution in [0.3, 0.4) is 0 Å². The van der Waals surface area contributed by atoms with Crippen molar-refractivity contribution in [2.75, 3.05) is 23.7 Å². The maximum Gasteiger partial charge on any atom is 0.341 e. The molecule has 3 aliphatic rings. The van der Waals surface area contributed by atoms with E-state index in [-0.39, 0.29) is 47.5 Å². The summed E-state index contributed by atoms with van der Waals surface area (Å²) in [6.07, 6.45) is 7.29. The Morgan fingerprint density at radius 2 is 1.90 bits per heavy atom. The molecule has 1 aliphatic heterocycles. The molecule has 5 rings (SSSR count). The molecular formula is C21H23ClF2N4O3. The maximum atomic E-state index is 15.8. The molecule has 166 valence electrons. The Balaban J connectivity index is 0.00000231. The zero-order valence-electron chi connectivity index (χ0n) is 16.6. The number of allylic oxidation sites excluding steroid dienone is 1. The van der Waals surface area contributed by atoms with Crippen molar-refractivity contribution in [1.82, 2.24) is 4.57 Å². The van der Waals surface area contributed by atoms with Crippen LogP contribution in [0.5, 0.6) is 0 Å². The van der Waals surface area contributed by atoms with Crippen LogP contribution in [-0.4, -0.2) is 34.8 Å². The van der Waals surface area contributed by atoms with Crippen molar-refractivity contribution in [3.63, 3.8) is 0 Å². The monoisotopic (exact) mass is 452 g/mol. The Labute approximate surface area is 182 Å². The Morgan fingerprint density at radius 1 is 1.19 bits per heavy atom. The van der Waals surface area contributed by atoms with Crippen LogP contribution >= 0.6 is 12.4 Å². The van der Waals surface area contributed by atoms with E-state index in [0.717, 1.165) is 25.5 Å². The fourth-order valence-electron chi connectivity index (χ4n) is 4.94. The van der Waals surface area contributed by atoms with E-state index in [2.05, 4.69) is 0 Å². The summed E-state index contributed by atoms with van der Waals surface area (Å²) in [6, 6.07) is -0.322. The first-order chi connectivity index (χ1) is 14.3. The van der Waals surface area contributed by atoms with E-state index in [1.165, 1.54) is 4.57 Å². The Hall–Kier alpha value is -2.65. The van der Waals surface area contributed by atoms with Crippen LogP contribution in [0.15, 0.2) is 23.1 Å². The summed E-state index contributed by atoms with van der Waals surface area (Å²) in [5.74, 6) is -3.10. The number of aromatic carboxylic acids is 1. The van der Waals surface area contributed by atoms with Gasteiger partial charge in [-0.3, -0.25) is 4.79 Å². The minimum Gasteiger partial charge on any atom is -0.477 e. The summed E-state index contributed by atoms with van der Waals surface area (Å²) < 4.78 is 32.6. The summed E-state index contributed by atoms with van der Waals surface area (Å²) in [6.45, 7) is 0.818. The average Bonchev–Trinajstić information content (AvgIpc) is 3.45. The van der Waals surface area contributed by atoms with E-state index in [4.69, 9.17) is 11.5 Å². The number of carbonyl (C=O) groups is 1. The molecule has 2 aliphatic carbocycles. The molecule has 1 aromatic carbocycles. The normalized spacial score (nSPS) is 24.9. The summed E-state index contributed by atoms with van der Waals surface area (Å²) in [7, 11) is 0. The van der Waals surface area contributed by atoms with Gasteiger partial charge in [-0.2, -0.15) is 0 Å². The molecule has 1 saturated carbocycles. The van der Waals surface area contributed by atoms with Crippen molar-refractivity contribution in [3.8, 4) is 0 Å². The van der Waals surface area contributed by atoms with Crippen molar-refractivity contribution < 1.29 is 18.7 Å². The van der Waals surface area contributed by atoms with E-state index in [0.29, 0.717) is 13.1 Å². The Morgan fingerprint density at radius 3 is 2.52 bits per heavy atom. The van der Waals surface area contributed by atoms with Crippen molar-refractivity contribution in [1.29, 1.82) is 0 Å². The number of hydrogen-bond acceptors (Lipinski definition) is 5. The van der Waals surface area contributed by atoms with Gasteiger partial charge in [-0.25, -0.2) is 13.6 Å². The molecule has 0 bridgehead atoms. The lowest BCUT2D eigenvalue weighted by atomic mass is 9.83. The van der Waals surface area contributed by atoms with E-state index in [9.17, 15) is 14.7 Å². The largest absolute Gasteiger partial charge is 0.477 e. The molecule has 1 aromatic heterocycles. The number of nitrogens with two attached hydrogens (primary N) is 2. The van der Waals surface area contributed by atoms with Crippen LogP contribution in [0.1, 0.15) is 35.7 Å². The number of aromatic nitrogens is 1. The highest BCUT2D eigenvalue weighted by Gasteiger charge is 2.40. The molecule has 2 heterocycles. The molecular weight excluding hydrogens is 430 g/mol. The quantitative estimate of drug-likeness (QED) is 0.487. The molecule has 10 heteroatoms. The highest BCUT2D eigenvalue weighted by molar-refractivity contribution is 5.99. The van der Waals surface area contributed by atoms with E-state index in [1.807, 2.05) is 12.2 Å². The molecule has 31 heavy (non-hydrogen) atoms. The van der Waals surface area contributed by atoms with Crippen molar-refractivity contribution in [3.05, 3.63) is 45.8 Å². The average molecular weight is 453 g/mol. The Kier molecular flexibility index (Phi) is 5.21. The number of halogens is 3. The van der Waals surface area contributed by atoms with E-state index < -0.39 is 39.7 Å². The molecule has 7 nitrogen and oxygen atoms in total. The first kappa shape index (κ1) is 21.6. The van der Waals surface area contributed by atoms with Gasteiger partial charge in [0.25, 0.3) is 0 Å². The van der Waals surface area contributed by atoms with Crippen LogP contribution in [-0.2, 0) is 0 Å². The number of rotatable bonds is 3. The number of benzene rings is 1. The minimum atomic E-state index is -1.45. The van der Waals surface area contributed by atoms with Gasteiger partial charge in [0.05, 0.1) is 16.6 Å². The number of nitrogens with zero attached hydrogens (tertiary/aromatic N) is 2. The smallest absolute Gasteiger partial charge is 0.341 e. The van der Waals surface area contributed by atoms with Crippen molar-refractivity contribution in [2.24, 2.45) is 17.6 Å². The molecule has 1 saturated heterocycles. The Bertz CT molecular complexity index is 1180. The summed E-state index contributed by atoms with van der Waals surface area (Å²) in [4.78, 5) is 25.9. The zero-order chi connectivity index (χ0) is 21.3. The zero-order valence-corrected chi connectivity index (χ0v) is 17.4. The second-order valence-corrected chi connectivity index (χ2v) is 8.50. The lowest BCUT2D eigenvalue weighted by Crippen LogP contribution is -2.35. The van der Waals surface area contributed by atoms with Crippen molar-refractivity contribution in [2.45, 2.75) is 31.3 Å². The molecule has 2 aromatic rings. The van der Waals surface area contributed by atoms with Gasteiger partial charge in [0.15, 0.2) is 11.6 Å². The first-order valence-corrected chi connectivity index (χ1v) is 10.0. The number of hydrogen-bond donors (Lipinski definition) is 3. The fraction of sp³-hybridized carbons (Fsp3) is 0.429. The maximum absolute atomic E-state index is 15.8. The van der Waals surface area contributed by atoms with Gasteiger partial charge in [-0.1, -0.05) is 12.2 Å². The number of pyridine rings is 1. The van der Waals surface area contributed by atoms with Crippen LogP contribution in [0, 0.1) is 23.5 Å². The highest BCUT2D eigenvalue weighted by atomic mass is 35.5. The van der Waals surface area contributed by atoms with E-state index >= 15 is 8.78 Å². The third-order valence-electron chi connectivity index (χ3n) is 6.63. The third-order valence-corrected chi connectivity index (χ3v) is 6.63. The predicted octanol–water partition coefficient (Wildman–Crippen LogP) is 2.66. The minimum absolute atomic E-state index is 0. The van der Waals surface area contributed by atoms with Gasteiger partial charge >= 0.3 is 5.97 Å². The number of carboxylic acids is 1. The number of carboxylic acid groups (broad SMARTS) is 1. The van der Waals surface area contributed by atoms with Crippen LogP contribution in [0.2, 0.25) is 0 Å². The topological polar surface area (TPSA) is 115 Å². The second-order valence-electron chi connectivity index (χ2n) is 8.50.